The molecule has 5 rings (SSSR count). The van der Waals surface area contributed by atoms with E-state index in [1.54, 1.807) is 10.7 Å². The Bertz CT molecular complexity index is 1120. The van der Waals surface area contributed by atoms with Crippen molar-refractivity contribution >= 4 is 27.2 Å². The molecule has 6 nitrogen and oxygen atoms in total. The molecule has 0 aliphatic rings. The van der Waals surface area contributed by atoms with Crippen LogP contribution in [-0.2, 0) is 0 Å². The fourth-order valence-electron chi connectivity index (χ4n) is 2.63. The molecular formula is C16H10N6S. The lowest BCUT2D eigenvalue weighted by Gasteiger charge is -1.95. The first-order valence-electron chi connectivity index (χ1n) is 7.10. The van der Waals surface area contributed by atoms with Crippen molar-refractivity contribution in [1.29, 1.82) is 0 Å². The van der Waals surface area contributed by atoms with Crippen molar-refractivity contribution in [3.05, 3.63) is 54.9 Å². The summed E-state index contributed by atoms with van der Waals surface area (Å²) in [7, 11) is 0. The normalized spacial score (nSPS) is 11.5. The summed E-state index contributed by atoms with van der Waals surface area (Å²) in [5.41, 5.74) is 2.93. The van der Waals surface area contributed by atoms with Crippen molar-refractivity contribution < 1.29 is 0 Å². The van der Waals surface area contributed by atoms with Crippen LogP contribution in [0.2, 0.25) is 0 Å². The number of nitrogens with zero attached hydrogens (tertiary/aromatic N) is 5. The third-order valence-corrected chi connectivity index (χ3v) is 4.64. The van der Waals surface area contributed by atoms with E-state index in [0.717, 1.165) is 32.1 Å². The number of hydrogen-bond donors (Lipinski definition) is 1. The molecule has 4 aromatic heterocycles. The van der Waals surface area contributed by atoms with Crippen molar-refractivity contribution in [2.24, 2.45) is 0 Å². The Labute approximate surface area is 134 Å². The third-order valence-electron chi connectivity index (χ3n) is 3.70. The first-order chi connectivity index (χ1) is 11.4. The van der Waals surface area contributed by atoms with Crippen LogP contribution < -0.4 is 0 Å². The van der Waals surface area contributed by atoms with Gasteiger partial charge >= 0.3 is 0 Å². The molecule has 0 amide bonds. The van der Waals surface area contributed by atoms with Crippen molar-refractivity contribution in [1.82, 2.24) is 29.8 Å². The molecular weight excluding hydrogens is 308 g/mol. The van der Waals surface area contributed by atoms with Crippen LogP contribution >= 0.6 is 11.3 Å². The van der Waals surface area contributed by atoms with E-state index in [1.807, 2.05) is 36.5 Å². The van der Waals surface area contributed by atoms with Gasteiger partial charge in [-0.05, 0) is 18.2 Å². The standard InChI is InChI=1S/C16H10N6S/c1-2-6-12-10(5-1)11(9-18-12)15-21-22-14(19-20-16(22)23-15)13-7-3-4-8-17-13/h1-9,18H. The highest BCUT2D eigenvalue weighted by Crippen LogP contribution is 2.32. The second-order valence-corrected chi connectivity index (χ2v) is 6.04. The third kappa shape index (κ3) is 1.87. The molecule has 0 saturated heterocycles. The molecule has 0 saturated carbocycles. The maximum absolute atomic E-state index is 4.69. The van der Waals surface area contributed by atoms with E-state index in [9.17, 15) is 0 Å². The monoisotopic (exact) mass is 318 g/mol. The van der Waals surface area contributed by atoms with E-state index < -0.39 is 0 Å². The fourth-order valence-corrected chi connectivity index (χ4v) is 3.50. The molecule has 0 unspecified atom stereocenters. The summed E-state index contributed by atoms with van der Waals surface area (Å²) in [5, 5.41) is 15.2. The van der Waals surface area contributed by atoms with E-state index in [-0.39, 0.29) is 0 Å². The van der Waals surface area contributed by atoms with Gasteiger partial charge in [-0.3, -0.25) is 4.98 Å². The highest BCUT2D eigenvalue weighted by atomic mass is 32.1. The topological polar surface area (TPSA) is 71.8 Å². The van der Waals surface area contributed by atoms with Gasteiger partial charge < -0.3 is 4.98 Å². The van der Waals surface area contributed by atoms with Gasteiger partial charge in [0.2, 0.25) is 10.8 Å². The fraction of sp³-hybridized carbons (Fsp3) is 0. The minimum Gasteiger partial charge on any atom is -0.360 e. The van der Waals surface area contributed by atoms with E-state index >= 15 is 0 Å². The molecule has 0 fully saturated rings. The van der Waals surface area contributed by atoms with Crippen molar-refractivity contribution in [2.75, 3.05) is 0 Å². The highest BCUT2D eigenvalue weighted by Gasteiger charge is 2.16. The minimum absolute atomic E-state index is 0.656. The Morgan fingerprint density at radius 3 is 2.83 bits per heavy atom. The summed E-state index contributed by atoms with van der Waals surface area (Å²) in [6.07, 6.45) is 3.72. The van der Waals surface area contributed by atoms with Crippen LogP contribution in [0.5, 0.6) is 0 Å². The van der Waals surface area contributed by atoms with Gasteiger partial charge in [-0.15, -0.1) is 10.2 Å². The number of rotatable bonds is 2. The Hall–Kier alpha value is -3.06. The molecule has 0 bridgehead atoms. The summed E-state index contributed by atoms with van der Waals surface area (Å²) in [4.78, 5) is 8.36. The smallest absolute Gasteiger partial charge is 0.235 e. The molecule has 0 aliphatic heterocycles. The predicted octanol–water partition coefficient (Wildman–Crippen LogP) is 3.40. The zero-order chi connectivity index (χ0) is 15.2. The minimum atomic E-state index is 0.656. The van der Waals surface area contributed by atoms with Crippen molar-refractivity contribution in [3.8, 4) is 22.1 Å². The van der Waals surface area contributed by atoms with Gasteiger partial charge in [0.05, 0.1) is 0 Å². The zero-order valence-corrected chi connectivity index (χ0v) is 12.7. The van der Waals surface area contributed by atoms with E-state index in [4.69, 9.17) is 5.10 Å². The van der Waals surface area contributed by atoms with Gasteiger partial charge in [-0.2, -0.15) is 9.61 Å². The predicted molar refractivity (Wildman–Crippen MR) is 89.2 cm³/mol. The number of aromatic nitrogens is 6. The lowest BCUT2D eigenvalue weighted by molar-refractivity contribution is 0.962. The Balaban J connectivity index is 1.71. The molecule has 23 heavy (non-hydrogen) atoms. The number of hydrogen-bond acceptors (Lipinski definition) is 5. The van der Waals surface area contributed by atoms with Crippen LogP contribution in [0.15, 0.2) is 54.9 Å². The molecule has 0 atom stereocenters. The number of para-hydroxylation sites is 1. The van der Waals surface area contributed by atoms with Crippen LogP contribution in [0, 0.1) is 0 Å². The first-order valence-corrected chi connectivity index (χ1v) is 7.92. The van der Waals surface area contributed by atoms with Gasteiger partial charge in [0.1, 0.15) is 10.7 Å². The number of pyridine rings is 1. The van der Waals surface area contributed by atoms with E-state index in [0.29, 0.717) is 5.82 Å². The second-order valence-electron chi connectivity index (χ2n) is 5.09. The average molecular weight is 318 g/mol. The maximum atomic E-state index is 4.69. The first kappa shape index (κ1) is 12.5. The van der Waals surface area contributed by atoms with E-state index in [1.165, 1.54) is 11.3 Å². The largest absolute Gasteiger partial charge is 0.360 e. The molecule has 5 aromatic rings. The Kier molecular flexibility index (Phi) is 2.56. The maximum Gasteiger partial charge on any atom is 0.235 e. The van der Waals surface area contributed by atoms with Gasteiger partial charge in [0, 0.05) is 28.9 Å². The zero-order valence-electron chi connectivity index (χ0n) is 11.8. The quantitative estimate of drug-likeness (QED) is 0.541. The summed E-state index contributed by atoms with van der Waals surface area (Å²) in [6, 6.07) is 13.9. The Morgan fingerprint density at radius 1 is 1.00 bits per heavy atom. The van der Waals surface area contributed by atoms with Crippen LogP contribution in [0.1, 0.15) is 0 Å². The van der Waals surface area contributed by atoms with Crippen molar-refractivity contribution in [3.63, 3.8) is 0 Å². The lowest BCUT2D eigenvalue weighted by atomic mass is 10.2. The molecule has 110 valence electrons. The van der Waals surface area contributed by atoms with Gasteiger partial charge in [-0.1, -0.05) is 35.6 Å². The number of fused-ring (bicyclic) bond motifs is 2. The lowest BCUT2D eigenvalue weighted by Crippen LogP contribution is -1.92. The number of aromatic amines is 1. The number of H-pyrrole nitrogens is 1. The van der Waals surface area contributed by atoms with Gasteiger partial charge in [0.25, 0.3) is 0 Å². The van der Waals surface area contributed by atoms with Crippen LogP contribution in [0.3, 0.4) is 0 Å². The molecule has 7 heteroatoms. The SMILES string of the molecule is c1ccc(-c2nnc3sc(-c4c[nH]c5ccccc45)nn23)nc1. The van der Waals surface area contributed by atoms with Gasteiger partial charge in [0.15, 0.2) is 0 Å². The van der Waals surface area contributed by atoms with Crippen LogP contribution in [-0.4, -0.2) is 29.8 Å². The van der Waals surface area contributed by atoms with E-state index in [2.05, 4.69) is 32.3 Å². The van der Waals surface area contributed by atoms with Gasteiger partial charge in [-0.25, -0.2) is 0 Å². The summed E-state index contributed by atoms with van der Waals surface area (Å²) in [6.45, 7) is 0. The summed E-state index contributed by atoms with van der Waals surface area (Å²) in [5.74, 6) is 0.656. The summed E-state index contributed by atoms with van der Waals surface area (Å²) < 4.78 is 1.75. The molecule has 0 aliphatic carbocycles. The molecule has 1 aromatic carbocycles. The number of benzene rings is 1. The molecule has 4 heterocycles. The summed E-state index contributed by atoms with van der Waals surface area (Å²) >= 11 is 1.52. The molecule has 0 radical (unpaired) electrons. The molecule has 0 spiro atoms. The molecule has 1 N–H and O–H groups in total. The number of nitrogens with one attached hydrogen (secondary N) is 1. The van der Waals surface area contributed by atoms with Crippen LogP contribution in [0.25, 0.3) is 38.0 Å². The van der Waals surface area contributed by atoms with Crippen LogP contribution in [0.4, 0.5) is 0 Å². The highest BCUT2D eigenvalue weighted by molar-refractivity contribution is 7.19. The average Bonchev–Trinajstić information content (AvgIpc) is 3.28. The van der Waals surface area contributed by atoms with Crippen molar-refractivity contribution in [2.45, 2.75) is 0 Å². The second kappa shape index (κ2) is 4.72. The Morgan fingerprint density at radius 2 is 1.91 bits per heavy atom.